The molecule has 1 fully saturated rings. The van der Waals surface area contributed by atoms with Gasteiger partial charge in [0.25, 0.3) is 0 Å². The highest BCUT2D eigenvalue weighted by Crippen LogP contribution is 2.19. The monoisotopic (exact) mass is 283 g/mol. The number of carbonyl (C=O) groups excluding carboxylic acids is 1. The van der Waals surface area contributed by atoms with Crippen molar-refractivity contribution >= 4 is 17.7 Å². The Labute approximate surface area is 117 Å². The van der Waals surface area contributed by atoms with Crippen molar-refractivity contribution in [2.45, 2.75) is 57.3 Å². The second-order valence-corrected chi connectivity index (χ2v) is 6.32. The van der Waals surface area contributed by atoms with E-state index in [1.165, 1.54) is 24.6 Å². The SMILES string of the molecule is CC(C)Cn1nnnc1SCC(=O)NC1CCCC1. The molecule has 0 bridgehead atoms. The van der Waals surface area contributed by atoms with Crippen molar-refractivity contribution in [2.24, 2.45) is 5.92 Å². The summed E-state index contributed by atoms with van der Waals surface area (Å²) in [5.74, 6) is 0.945. The van der Waals surface area contributed by atoms with E-state index < -0.39 is 0 Å². The van der Waals surface area contributed by atoms with Crippen LogP contribution in [-0.2, 0) is 11.3 Å². The Morgan fingerprint density at radius 2 is 2.21 bits per heavy atom. The summed E-state index contributed by atoms with van der Waals surface area (Å²) in [5, 5.41) is 15.3. The summed E-state index contributed by atoms with van der Waals surface area (Å²) >= 11 is 1.40. The first-order valence-corrected chi connectivity index (χ1v) is 7.82. The predicted octanol–water partition coefficient (Wildman–Crippen LogP) is 1.48. The van der Waals surface area contributed by atoms with Crippen molar-refractivity contribution in [3.8, 4) is 0 Å². The molecule has 0 spiro atoms. The Bertz CT molecular complexity index is 414. The maximum Gasteiger partial charge on any atom is 0.230 e. The Hall–Kier alpha value is -1.11. The first kappa shape index (κ1) is 14.3. The smallest absolute Gasteiger partial charge is 0.230 e. The molecule has 0 saturated heterocycles. The summed E-state index contributed by atoms with van der Waals surface area (Å²) in [6, 6.07) is 0.375. The molecule has 0 unspecified atom stereocenters. The van der Waals surface area contributed by atoms with Gasteiger partial charge in [-0.25, -0.2) is 4.68 Å². The van der Waals surface area contributed by atoms with E-state index in [9.17, 15) is 4.79 Å². The van der Waals surface area contributed by atoms with Crippen LogP contribution in [0.15, 0.2) is 5.16 Å². The lowest BCUT2D eigenvalue weighted by Gasteiger charge is -2.11. The number of carbonyl (C=O) groups is 1. The van der Waals surface area contributed by atoms with Crippen molar-refractivity contribution in [3.63, 3.8) is 0 Å². The standard InChI is InChI=1S/C12H21N5OS/c1-9(2)7-17-12(14-15-16-17)19-8-11(18)13-10-5-3-4-6-10/h9-10H,3-8H2,1-2H3,(H,13,18). The molecule has 0 aliphatic heterocycles. The number of nitrogens with zero attached hydrogens (tertiary/aromatic N) is 4. The van der Waals surface area contributed by atoms with Crippen LogP contribution in [0.5, 0.6) is 0 Å². The zero-order valence-electron chi connectivity index (χ0n) is 11.5. The topological polar surface area (TPSA) is 72.7 Å². The normalized spacial score (nSPS) is 16.2. The van der Waals surface area contributed by atoms with Crippen LogP contribution < -0.4 is 5.32 Å². The zero-order chi connectivity index (χ0) is 13.7. The summed E-state index contributed by atoms with van der Waals surface area (Å²) in [6.45, 7) is 5.01. The Balaban J connectivity index is 1.78. The molecule has 6 nitrogen and oxygen atoms in total. The quantitative estimate of drug-likeness (QED) is 0.801. The lowest BCUT2D eigenvalue weighted by atomic mass is 10.2. The van der Waals surface area contributed by atoms with Crippen molar-refractivity contribution in [1.29, 1.82) is 0 Å². The highest BCUT2D eigenvalue weighted by molar-refractivity contribution is 7.99. The molecule has 1 N–H and O–H groups in total. The molecule has 2 rings (SSSR count). The van der Waals surface area contributed by atoms with Crippen LogP contribution in [0.25, 0.3) is 0 Å². The van der Waals surface area contributed by atoms with E-state index in [0.717, 1.165) is 24.5 Å². The summed E-state index contributed by atoms with van der Waals surface area (Å²) in [6.07, 6.45) is 4.68. The molecule has 1 heterocycles. The van der Waals surface area contributed by atoms with Crippen LogP contribution in [0.3, 0.4) is 0 Å². The van der Waals surface area contributed by atoms with E-state index in [1.54, 1.807) is 4.68 Å². The second kappa shape index (κ2) is 6.88. The van der Waals surface area contributed by atoms with Gasteiger partial charge in [0, 0.05) is 12.6 Å². The number of aromatic nitrogens is 4. The van der Waals surface area contributed by atoms with Crippen molar-refractivity contribution in [1.82, 2.24) is 25.5 Å². The van der Waals surface area contributed by atoms with Gasteiger partial charge in [-0.2, -0.15) is 0 Å². The lowest BCUT2D eigenvalue weighted by Crippen LogP contribution is -2.33. The van der Waals surface area contributed by atoms with Gasteiger partial charge in [0.15, 0.2) is 0 Å². The molecule has 19 heavy (non-hydrogen) atoms. The highest BCUT2D eigenvalue weighted by Gasteiger charge is 2.18. The molecule has 0 aromatic carbocycles. The number of rotatable bonds is 6. The largest absolute Gasteiger partial charge is 0.353 e. The number of amides is 1. The van der Waals surface area contributed by atoms with E-state index in [1.807, 2.05) is 0 Å². The van der Waals surface area contributed by atoms with E-state index >= 15 is 0 Å². The second-order valence-electron chi connectivity index (χ2n) is 5.37. The van der Waals surface area contributed by atoms with E-state index in [-0.39, 0.29) is 5.91 Å². The average Bonchev–Trinajstić information content (AvgIpc) is 2.97. The number of hydrogen-bond acceptors (Lipinski definition) is 5. The minimum Gasteiger partial charge on any atom is -0.353 e. The van der Waals surface area contributed by atoms with E-state index in [2.05, 4.69) is 34.7 Å². The van der Waals surface area contributed by atoms with Crippen LogP contribution >= 0.6 is 11.8 Å². The number of tetrazole rings is 1. The minimum absolute atomic E-state index is 0.0796. The summed E-state index contributed by atoms with van der Waals surface area (Å²) in [4.78, 5) is 11.8. The first-order chi connectivity index (χ1) is 9.15. The molecular weight excluding hydrogens is 262 g/mol. The van der Waals surface area contributed by atoms with Gasteiger partial charge in [0.1, 0.15) is 0 Å². The fourth-order valence-electron chi connectivity index (χ4n) is 2.23. The molecule has 1 aliphatic rings. The third kappa shape index (κ3) is 4.49. The van der Waals surface area contributed by atoms with Crippen molar-refractivity contribution in [3.05, 3.63) is 0 Å². The van der Waals surface area contributed by atoms with Gasteiger partial charge in [0.05, 0.1) is 5.75 Å². The maximum atomic E-state index is 11.8. The average molecular weight is 283 g/mol. The van der Waals surface area contributed by atoms with Crippen molar-refractivity contribution in [2.75, 3.05) is 5.75 Å². The van der Waals surface area contributed by atoms with E-state index in [0.29, 0.717) is 17.7 Å². The molecular formula is C12H21N5OS. The number of nitrogens with one attached hydrogen (secondary N) is 1. The Morgan fingerprint density at radius 1 is 1.47 bits per heavy atom. The van der Waals surface area contributed by atoms with Crippen LogP contribution in [0.1, 0.15) is 39.5 Å². The third-order valence-corrected chi connectivity index (χ3v) is 4.05. The molecule has 7 heteroatoms. The number of hydrogen-bond donors (Lipinski definition) is 1. The van der Waals surface area contributed by atoms with Crippen LogP contribution in [-0.4, -0.2) is 37.9 Å². The van der Waals surface area contributed by atoms with Gasteiger partial charge in [-0.1, -0.05) is 38.5 Å². The van der Waals surface area contributed by atoms with Crippen LogP contribution in [0, 0.1) is 5.92 Å². The molecule has 1 aliphatic carbocycles. The molecule has 1 amide bonds. The van der Waals surface area contributed by atoms with Gasteiger partial charge in [-0.3, -0.25) is 4.79 Å². The van der Waals surface area contributed by atoms with Gasteiger partial charge >= 0.3 is 0 Å². The number of thioether (sulfide) groups is 1. The maximum absolute atomic E-state index is 11.8. The fourth-order valence-corrected chi connectivity index (χ4v) is 2.93. The summed E-state index contributed by atoms with van der Waals surface area (Å²) < 4.78 is 1.76. The Kier molecular flexibility index (Phi) is 5.18. The lowest BCUT2D eigenvalue weighted by molar-refractivity contribution is -0.119. The predicted molar refractivity (Wildman–Crippen MR) is 73.8 cm³/mol. The third-order valence-electron chi connectivity index (χ3n) is 3.09. The van der Waals surface area contributed by atoms with Gasteiger partial charge in [-0.05, 0) is 29.2 Å². The fraction of sp³-hybridized carbons (Fsp3) is 0.833. The highest BCUT2D eigenvalue weighted by atomic mass is 32.2. The molecule has 106 valence electrons. The Morgan fingerprint density at radius 3 is 2.89 bits per heavy atom. The van der Waals surface area contributed by atoms with Crippen LogP contribution in [0.4, 0.5) is 0 Å². The van der Waals surface area contributed by atoms with Gasteiger partial charge in [0.2, 0.25) is 11.1 Å². The molecule has 1 aromatic heterocycles. The minimum atomic E-state index is 0.0796. The molecule has 0 radical (unpaired) electrons. The zero-order valence-corrected chi connectivity index (χ0v) is 12.3. The summed E-state index contributed by atoms with van der Waals surface area (Å²) in [5.41, 5.74) is 0. The van der Waals surface area contributed by atoms with Crippen molar-refractivity contribution < 1.29 is 4.79 Å². The first-order valence-electron chi connectivity index (χ1n) is 6.83. The summed E-state index contributed by atoms with van der Waals surface area (Å²) in [7, 11) is 0. The van der Waals surface area contributed by atoms with E-state index in [4.69, 9.17) is 0 Å². The van der Waals surface area contributed by atoms with Gasteiger partial charge in [-0.15, -0.1) is 5.10 Å². The molecule has 1 aromatic rings. The molecule has 0 atom stereocenters. The molecule has 1 saturated carbocycles. The van der Waals surface area contributed by atoms with Gasteiger partial charge < -0.3 is 5.32 Å². The van der Waals surface area contributed by atoms with Crippen LogP contribution in [0.2, 0.25) is 0 Å².